The van der Waals surface area contributed by atoms with Crippen molar-refractivity contribution in [2.45, 2.75) is 6.42 Å². The van der Waals surface area contributed by atoms with Crippen LogP contribution in [0.15, 0.2) is 24.3 Å². The van der Waals surface area contributed by atoms with Crippen molar-refractivity contribution in [2.24, 2.45) is 0 Å². The second kappa shape index (κ2) is 10.4. The molecule has 1 aromatic carbocycles. The largest absolute Gasteiger partial charge is 0.497 e. The molecule has 25 heavy (non-hydrogen) atoms. The molecule has 144 valence electrons. The normalized spacial score (nSPS) is 12.6. The fraction of sp³-hybridized carbons (Fsp3) is 0.600. The van der Waals surface area contributed by atoms with Gasteiger partial charge in [-0.15, -0.1) is 0 Å². The van der Waals surface area contributed by atoms with Gasteiger partial charge in [0, 0.05) is 35.0 Å². The summed E-state index contributed by atoms with van der Waals surface area (Å²) < 4.78 is 50.0. The smallest absolute Gasteiger partial charge is 0.344 e. The fourth-order valence-corrected chi connectivity index (χ4v) is 4.52. The van der Waals surface area contributed by atoms with Gasteiger partial charge in [-0.2, -0.15) is 0 Å². The molecular weight excluding hydrogens is 368 g/mol. The third kappa shape index (κ3) is 7.19. The van der Waals surface area contributed by atoms with E-state index in [2.05, 4.69) is 0 Å². The second-order valence-corrected chi connectivity index (χ2v) is 9.70. The average Bonchev–Trinajstić information content (AvgIpc) is 2.66. The van der Waals surface area contributed by atoms with Crippen molar-refractivity contribution in [2.75, 3.05) is 54.7 Å². The lowest BCUT2D eigenvalue weighted by molar-refractivity contribution is 0.224. The van der Waals surface area contributed by atoms with Crippen LogP contribution in [0.2, 0.25) is 0 Å². The average molecular weight is 395 g/mol. The van der Waals surface area contributed by atoms with Gasteiger partial charge in [0.2, 0.25) is 0 Å². The van der Waals surface area contributed by atoms with E-state index in [0.29, 0.717) is 13.0 Å². The predicted octanol–water partition coefficient (Wildman–Crippen LogP) is 3.43. The van der Waals surface area contributed by atoms with Crippen LogP contribution >= 0.6 is 15.2 Å². The second-order valence-electron chi connectivity index (χ2n) is 5.23. The monoisotopic (exact) mass is 395 g/mol. The third-order valence-corrected chi connectivity index (χ3v) is 7.45. The first-order chi connectivity index (χ1) is 11.8. The third-order valence-electron chi connectivity index (χ3n) is 3.73. The van der Waals surface area contributed by atoms with Crippen LogP contribution in [-0.4, -0.2) is 59.6 Å². The van der Waals surface area contributed by atoms with Crippen LogP contribution in [0.5, 0.6) is 5.75 Å². The van der Waals surface area contributed by atoms with E-state index >= 15 is 0 Å². The van der Waals surface area contributed by atoms with E-state index in [9.17, 15) is 9.13 Å². The first-order valence-electron chi connectivity index (χ1n) is 7.60. The number of hydrogen-bond acceptors (Lipinski definition) is 8. The van der Waals surface area contributed by atoms with E-state index in [4.69, 9.17) is 22.8 Å². The Labute approximate surface area is 149 Å². The molecule has 0 amide bonds. The molecule has 0 spiro atoms. The highest BCUT2D eigenvalue weighted by atomic mass is 31.2. The van der Waals surface area contributed by atoms with Gasteiger partial charge >= 0.3 is 15.2 Å². The van der Waals surface area contributed by atoms with Crippen LogP contribution in [-0.2, 0) is 33.6 Å². The zero-order valence-corrected chi connectivity index (χ0v) is 17.1. The van der Waals surface area contributed by atoms with Gasteiger partial charge in [0.05, 0.1) is 7.11 Å². The molecule has 1 aromatic rings. The standard InChI is InChI=1S/C15H27NO7P2/c1-19-15-8-6-14(7-9-15)10-11-16(12-24(17,20-2)21-3)13-25(18,22-4)23-5/h6-9H,10-13H2,1-5H3. The Balaban J connectivity index is 2.85. The predicted molar refractivity (Wildman–Crippen MR) is 96.4 cm³/mol. The summed E-state index contributed by atoms with van der Waals surface area (Å²) in [5.41, 5.74) is 1.06. The topological polar surface area (TPSA) is 83.5 Å². The molecule has 1 rings (SSSR count). The molecule has 0 aromatic heterocycles. The first-order valence-corrected chi connectivity index (χ1v) is 11.1. The van der Waals surface area contributed by atoms with Crippen LogP contribution < -0.4 is 4.74 Å². The van der Waals surface area contributed by atoms with Crippen molar-refractivity contribution in [1.29, 1.82) is 0 Å². The molecule has 0 bridgehead atoms. The molecule has 0 saturated heterocycles. The lowest BCUT2D eigenvalue weighted by Crippen LogP contribution is -2.29. The van der Waals surface area contributed by atoms with Crippen molar-refractivity contribution in [3.05, 3.63) is 29.8 Å². The summed E-state index contributed by atoms with van der Waals surface area (Å²) in [5.74, 6) is 0.771. The maximum atomic E-state index is 12.4. The molecule has 0 radical (unpaired) electrons. The Kier molecular flexibility index (Phi) is 9.32. The quantitative estimate of drug-likeness (QED) is 0.498. The van der Waals surface area contributed by atoms with Crippen LogP contribution in [0.3, 0.4) is 0 Å². The maximum absolute atomic E-state index is 12.4. The fourth-order valence-electron chi connectivity index (χ4n) is 2.14. The van der Waals surface area contributed by atoms with E-state index < -0.39 is 15.2 Å². The molecule has 0 aliphatic carbocycles. The number of methoxy groups -OCH3 is 1. The zero-order valence-electron chi connectivity index (χ0n) is 15.3. The Hall–Kier alpha value is -0.720. The highest BCUT2D eigenvalue weighted by Crippen LogP contribution is 2.51. The van der Waals surface area contributed by atoms with Crippen LogP contribution in [0.1, 0.15) is 5.56 Å². The van der Waals surface area contributed by atoms with Gasteiger partial charge in [-0.1, -0.05) is 12.1 Å². The summed E-state index contributed by atoms with van der Waals surface area (Å²) in [6, 6.07) is 7.61. The van der Waals surface area contributed by atoms with Crippen molar-refractivity contribution >= 4 is 15.2 Å². The van der Waals surface area contributed by atoms with E-state index in [0.717, 1.165) is 11.3 Å². The lowest BCUT2D eigenvalue weighted by atomic mass is 10.1. The number of hydrogen-bond donors (Lipinski definition) is 0. The molecular formula is C15H27NO7P2. The van der Waals surface area contributed by atoms with Crippen LogP contribution in [0.4, 0.5) is 0 Å². The number of ether oxygens (including phenoxy) is 1. The summed E-state index contributed by atoms with van der Waals surface area (Å²) in [6.45, 7) is 0.472. The van der Waals surface area contributed by atoms with E-state index in [-0.39, 0.29) is 12.6 Å². The number of rotatable bonds is 12. The van der Waals surface area contributed by atoms with Gasteiger partial charge in [-0.25, -0.2) is 0 Å². The van der Waals surface area contributed by atoms with E-state index in [1.165, 1.54) is 28.4 Å². The SMILES string of the molecule is COc1ccc(CCN(CP(=O)(OC)OC)CP(=O)(OC)OC)cc1. The Morgan fingerprint density at radius 2 is 1.24 bits per heavy atom. The molecule has 0 fully saturated rings. The van der Waals surface area contributed by atoms with E-state index in [1.54, 1.807) is 12.0 Å². The van der Waals surface area contributed by atoms with Gasteiger partial charge in [-0.3, -0.25) is 14.0 Å². The van der Waals surface area contributed by atoms with Crippen molar-refractivity contribution < 1.29 is 32.0 Å². The first kappa shape index (κ1) is 22.3. The number of nitrogens with zero attached hydrogens (tertiary/aromatic N) is 1. The molecule has 0 aliphatic heterocycles. The summed E-state index contributed by atoms with van der Waals surface area (Å²) >= 11 is 0. The summed E-state index contributed by atoms with van der Waals surface area (Å²) in [6.07, 6.45) is 0.602. The van der Waals surface area contributed by atoms with Crippen molar-refractivity contribution in [3.63, 3.8) is 0 Å². The lowest BCUT2D eigenvalue weighted by Gasteiger charge is -2.27. The Morgan fingerprint density at radius 3 is 1.60 bits per heavy atom. The molecule has 0 heterocycles. The summed E-state index contributed by atoms with van der Waals surface area (Å²) in [7, 11) is 0.269. The van der Waals surface area contributed by atoms with Gasteiger partial charge in [-0.05, 0) is 24.1 Å². The molecule has 8 nitrogen and oxygen atoms in total. The zero-order chi connectivity index (χ0) is 18.9. The highest BCUT2D eigenvalue weighted by molar-refractivity contribution is 7.54. The van der Waals surface area contributed by atoms with E-state index in [1.807, 2.05) is 24.3 Å². The van der Waals surface area contributed by atoms with Gasteiger partial charge in [0.15, 0.2) is 0 Å². The van der Waals surface area contributed by atoms with Gasteiger partial charge in [0.1, 0.15) is 18.3 Å². The molecule has 0 aliphatic rings. The molecule has 0 unspecified atom stereocenters. The Bertz CT molecular complexity index is 564. The maximum Gasteiger partial charge on any atom is 0.344 e. The molecule has 0 atom stereocenters. The van der Waals surface area contributed by atoms with Crippen LogP contribution in [0, 0.1) is 0 Å². The molecule has 10 heteroatoms. The summed E-state index contributed by atoms with van der Waals surface area (Å²) in [5, 5.41) is 0. The number of benzene rings is 1. The Morgan fingerprint density at radius 1 is 0.800 bits per heavy atom. The highest BCUT2D eigenvalue weighted by Gasteiger charge is 2.31. The minimum atomic E-state index is -3.30. The van der Waals surface area contributed by atoms with Crippen molar-refractivity contribution in [3.8, 4) is 5.75 Å². The van der Waals surface area contributed by atoms with Crippen LogP contribution in [0.25, 0.3) is 0 Å². The van der Waals surface area contributed by atoms with Crippen molar-refractivity contribution in [1.82, 2.24) is 4.90 Å². The molecule has 0 saturated carbocycles. The minimum absolute atomic E-state index is 0.0210. The summed E-state index contributed by atoms with van der Waals surface area (Å²) in [4.78, 5) is 1.70. The van der Waals surface area contributed by atoms with Gasteiger partial charge in [0.25, 0.3) is 0 Å². The minimum Gasteiger partial charge on any atom is -0.497 e. The van der Waals surface area contributed by atoms with Gasteiger partial charge < -0.3 is 22.8 Å². The molecule has 0 N–H and O–H groups in total.